The van der Waals surface area contributed by atoms with Crippen LogP contribution in [0.3, 0.4) is 0 Å². The van der Waals surface area contributed by atoms with Gasteiger partial charge in [0.05, 0.1) is 0 Å². The normalized spacial score (nSPS) is 13.0. The highest BCUT2D eigenvalue weighted by Crippen LogP contribution is 2.03. The minimum Gasteiger partial charge on any atom is -0.379 e. The number of amidine groups is 1. The van der Waals surface area contributed by atoms with E-state index < -0.39 is 0 Å². The molecule has 10 heavy (non-hydrogen) atoms. The van der Waals surface area contributed by atoms with Gasteiger partial charge in [0.2, 0.25) is 0 Å². The average molecular weight is 161 g/mol. The molecule has 1 unspecified atom stereocenters. The summed E-state index contributed by atoms with van der Waals surface area (Å²) in [4.78, 5) is 0. The van der Waals surface area contributed by atoms with Crippen molar-refractivity contribution in [3.63, 3.8) is 0 Å². The van der Waals surface area contributed by atoms with Crippen LogP contribution in [0.1, 0.15) is 19.8 Å². The van der Waals surface area contributed by atoms with Gasteiger partial charge in [-0.2, -0.15) is 0 Å². The van der Waals surface area contributed by atoms with Crippen LogP contribution >= 0.6 is 11.8 Å². The van der Waals surface area contributed by atoms with E-state index in [1.807, 2.05) is 0 Å². The molecule has 0 spiro atoms. The van der Waals surface area contributed by atoms with Crippen molar-refractivity contribution in [3.8, 4) is 0 Å². The van der Waals surface area contributed by atoms with Crippen LogP contribution in [-0.2, 0) is 0 Å². The lowest BCUT2D eigenvalue weighted by Crippen LogP contribution is -2.24. The summed E-state index contributed by atoms with van der Waals surface area (Å²) in [5.74, 6) is 0.767. The fourth-order valence-corrected chi connectivity index (χ4v) is 1.21. The van der Waals surface area contributed by atoms with E-state index in [0.29, 0.717) is 0 Å². The molecule has 0 aliphatic rings. The van der Waals surface area contributed by atoms with Crippen molar-refractivity contribution in [1.29, 1.82) is 5.41 Å². The second-order valence-electron chi connectivity index (χ2n) is 2.22. The third kappa shape index (κ3) is 5.91. The van der Waals surface area contributed by atoms with Crippen LogP contribution < -0.4 is 11.5 Å². The van der Waals surface area contributed by atoms with Crippen LogP contribution in [0, 0.1) is 5.41 Å². The number of hydrogen-bond acceptors (Lipinski definition) is 3. The van der Waals surface area contributed by atoms with Gasteiger partial charge in [0.1, 0.15) is 0 Å². The Labute approximate surface area is 66.1 Å². The van der Waals surface area contributed by atoms with Gasteiger partial charge in [-0.25, -0.2) is 0 Å². The van der Waals surface area contributed by atoms with Gasteiger partial charge in [0.25, 0.3) is 0 Å². The first kappa shape index (κ1) is 9.78. The molecule has 60 valence electrons. The van der Waals surface area contributed by atoms with E-state index >= 15 is 0 Å². The third-order valence-corrected chi connectivity index (χ3v) is 2.02. The van der Waals surface area contributed by atoms with E-state index in [1.165, 1.54) is 11.8 Å². The first-order valence-electron chi connectivity index (χ1n) is 3.39. The SMILES string of the molecule is CCCC(N)CSC(=N)N. The molecule has 0 heterocycles. The van der Waals surface area contributed by atoms with Gasteiger partial charge in [0.15, 0.2) is 5.17 Å². The largest absolute Gasteiger partial charge is 0.379 e. The fraction of sp³-hybridized carbons (Fsp3) is 0.833. The standard InChI is InChI=1S/C6H15N3S/c1-2-3-5(7)4-10-6(8)9/h5H,2-4,7H2,1H3,(H3,8,9). The lowest BCUT2D eigenvalue weighted by molar-refractivity contribution is 0.661. The Hall–Kier alpha value is -0.220. The maximum Gasteiger partial charge on any atom is 0.151 e. The van der Waals surface area contributed by atoms with Gasteiger partial charge in [0, 0.05) is 11.8 Å². The molecule has 0 aromatic heterocycles. The molecule has 0 saturated heterocycles. The van der Waals surface area contributed by atoms with E-state index in [1.54, 1.807) is 0 Å². The van der Waals surface area contributed by atoms with Gasteiger partial charge < -0.3 is 11.5 Å². The minimum absolute atomic E-state index is 0.159. The maximum atomic E-state index is 6.91. The Kier molecular flexibility index (Phi) is 5.43. The van der Waals surface area contributed by atoms with E-state index in [2.05, 4.69) is 6.92 Å². The van der Waals surface area contributed by atoms with Gasteiger partial charge >= 0.3 is 0 Å². The number of thioether (sulfide) groups is 1. The molecule has 4 heteroatoms. The lowest BCUT2D eigenvalue weighted by atomic mass is 10.2. The van der Waals surface area contributed by atoms with Crippen LogP contribution in [-0.4, -0.2) is 17.0 Å². The Morgan fingerprint density at radius 1 is 1.70 bits per heavy atom. The minimum atomic E-state index is 0.159. The zero-order valence-corrected chi connectivity index (χ0v) is 7.08. The van der Waals surface area contributed by atoms with Crippen molar-refractivity contribution < 1.29 is 0 Å². The average Bonchev–Trinajstić information content (AvgIpc) is 1.85. The zero-order valence-electron chi connectivity index (χ0n) is 6.26. The summed E-state index contributed by atoms with van der Waals surface area (Å²) in [6.07, 6.45) is 2.11. The van der Waals surface area contributed by atoms with E-state index in [4.69, 9.17) is 16.9 Å². The Morgan fingerprint density at radius 2 is 2.30 bits per heavy atom. The molecule has 0 aromatic carbocycles. The summed E-state index contributed by atoms with van der Waals surface area (Å²) < 4.78 is 0. The van der Waals surface area contributed by atoms with Crippen LogP contribution in [0.25, 0.3) is 0 Å². The molecule has 0 bridgehead atoms. The monoisotopic (exact) mass is 161 g/mol. The molecule has 5 N–H and O–H groups in total. The van der Waals surface area contributed by atoms with E-state index in [9.17, 15) is 0 Å². The van der Waals surface area contributed by atoms with Crippen molar-refractivity contribution in [2.24, 2.45) is 11.5 Å². The zero-order chi connectivity index (χ0) is 7.98. The summed E-state index contributed by atoms with van der Waals surface area (Å²) in [5, 5.41) is 7.06. The van der Waals surface area contributed by atoms with Gasteiger partial charge in [-0.1, -0.05) is 25.1 Å². The Balaban J connectivity index is 3.21. The van der Waals surface area contributed by atoms with Gasteiger partial charge in [-0.15, -0.1) is 0 Å². The van der Waals surface area contributed by atoms with Gasteiger partial charge in [-0.3, -0.25) is 5.41 Å². The van der Waals surface area contributed by atoms with Crippen LogP contribution in [0.5, 0.6) is 0 Å². The number of nitrogens with two attached hydrogens (primary N) is 2. The smallest absolute Gasteiger partial charge is 0.151 e. The van der Waals surface area contributed by atoms with Crippen LogP contribution in [0.2, 0.25) is 0 Å². The summed E-state index contributed by atoms with van der Waals surface area (Å²) >= 11 is 1.32. The molecule has 0 amide bonds. The molecular weight excluding hydrogens is 146 g/mol. The second kappa shape index (κ2) is 5.56. The maximum absolute atomic E-state index is 6.91. The molecule has 0 rings (SSSR count). The topological polar surface area (TPSA) is 75.9 Å². The summed E-state index contributed by atoms with van der Waals surface area (Å²) in [7, 11) is 0. The molecule has 1 atom stereocenters. The quantitative estimate of drug-likeness (QED) is 0.420. The van der Waals surface area contributed by atoms with Crippen molar-refractivity contribution in [1.82, 2.24) is 0 Å². The second-order valence-corrected chi connectivity index (χ2v) is 3.29. The number of hydrogen-bond donors (Lipinski definition) is 3. The third-order valence-electron chi connectivity index (χ3n) is 1.11. The molecule has 3 nitrogen and oxygen atoms in total. The molecule has 0 saturated carbocycles. The highest BCUT2D eigenvalue weighted by atomic mass is 32.2. The summed E-state index contributed by atoms with van der Waals surface area (Å²) in [6.45, 7) is 2.10. The van der Waals surface area contributed by atoms with Crippen molar-refractivity contribution in [2.75, 3.05) is 5.75 Å². The van der Waals surface area contributed by atoms with Gasteiger partial charge in [-0.05, 0) is 6.42 Å². The van der Waals surface area contributed by atoms with Crippen molar-refractivity contribution in [3.05, 3.63) is 0 Å². The van der Waals surface area contributed by atoms with Crippen LogP contribution in [0.15, 0.2) is 0 Å². The number of nitrogens with one attached hydrogen (secondary N) is 1. The fourth-order valence-electron chi connectivity index (χ4n) is 0.651. The molecule has 0 radical (unpaired) electrons. The highest BCUT2D eigenvalue weighted by Gasteiger charge is 2.00. The molecule has 0 aliphatic carbocycles. The van der Waals surface area contributed by atoms with Crippen molar-refractivity contribution in [2.45, 2.75) is 25.8 Å². The first-order valence-corrected chi connectivity index (χ1v) is 4.37. The highest BCUT2D eigenvalue weighted by molar-refractivity contribution is 8.13. The van der Waals surface area contributed by atoms with E-state index in [-0.39, 0.29) is 11.2 Å². The summed E-state index contributed by atoms with van der Waals surface area (Å²) in [5.41, 5.74) is 10.8. The lowest BCUT2D eigenvalue weighted by Gasteiger charge is -2.07. The predicted molar refractivity (Wildman–Crippen MR) is 47.3 cm³/mol. The Morgan fingerprint density at radius 3 is 2.70 bits per heavy atom. The van der Waals surface area contributed by atoms with E-state index in [0.717, 1.165) is 18.6 Å². The molecule has 0 aliphatic heterocycles. The first-order chi connectivity index (χ1) is 4.66. The molecule has 0 fully saturated rings. The molecule has 0 aromatic rings. The summed E-state index contributed by atoms with van der Waals surface area (Å²) in [6, 6.07) is 0.193. The molecular formula is C6H15N3S. The Bertz CT molecular complexity index is 105. The van der Waals surface area contributed by atoms with Crippen LogP contribution in [0.4, 0.5) is 0 Å². The predicted octanol–water partition coefficient (Wildman–Crippen LogP) is 0.740. The number of rotatable bonds is 4. The van der Waals surface area contributed by atoms with Crippen molar-refractivity contribution >= 4 is 16.9 Å².